The minimum atomic E-state index is 0.542. The van der Waals surface area contributed by atoms with E-state index in [9.17, 15) is 0 Å². The summed E-state index contributed by atoms with van der Waals surface area (Å²) in [6, 6.07) is 1.87. The van der Waals surface area contributed by atoms with Crippen molar-refractivity contribution < 1.29 is 0 Å². The average molecular weight is 177 g/mol. The fourth-order valence-corrected chi connectivity index (χ4v) is 1.90. The van der Waals surface area contributed by atoms with Crippen molar-refractivity contribution >= 4 is 0 Å². The number of likely N-dealkylation sites (tertiary alicyclic amines) is 1. The van der Waals surface area contributed by atoms with Crippen LogP contribution in [0.1, 0.15) is 24.6 Å². The second kappa shape index (κ2) is 3.83. The lowest BCUT2D eigenvalue weighted by Gasteiger charge is -2.28. The third-order valence-electron chi connectivity index (χ3n) is 2.58. The first-order chi connectivity index (χ1) is 6.36. The summed E-state index contributed by atoms with van der Waals surface area (Å²) >= 11 is 0. The number of rotatable bonds is 1. The van der Waals surface area contributed by atoms with Gasteiger partial charge in [-0.05, 0) is 32.5 Å². The van der Waals surface area contributed by atoms with Crippen LogP contribution in [-0.4, -0.2) is 35.0 Å². The molecular formula is C10H15N3. The minimum absolute atomic E-state index is 0.542. The van der Waals surface area contributed by atoms with Gasteiger partial charge in [0.1, 0.15) is 5.82 Å². The first-order valence-corrected chi connectivity index (χ1v) is 4.82. The van der Waals surface area contributed by atoms with Crippen LogP contribution < -0.4 is 0 Å². The molecule has 2 heterocycles. The van der Waals surface area contributed by atoms with Gasteiger partial charge in [-0.3, -0.25) is 0 Å². The van der Waals surface area contributed by atoms with E-state index in [2.05, 4.69) is 21.9 Å². The monoisotopic (exact) mass is 177 g/mol. The highest BCUT2D eigenvalue weighted by Gasteiger charge is 2.20. The summed E-state index contributed by atoms with van der Waals surface area (Å²) in [6.07, 6.45) is 6.15. The molecule has 1 aliphatic heterocycles. The summed E-state index contributed by atoms with van der Waals surface area (Å²) in [5.41, 5.74) is 0. The standard InChI is InChI=1S/C10H15N3/c1-13-7-2-4-9(8-13)10-11-5-3-6-12-10/h3,5-6,9H,2,4,7-8H2,1H3. The van der Waals surface area contributed by atoms with Crippen LogP contribution in [0, 0.1) is 0 Å². The fraction of sp³-hybridized carbons (Fsp3) is 0.600. The Balaban J connectivity index is 2.08. The highest BCUT2D eigenvalue weighted by atomic mass is 15.1. The Bertz CT molecular complexity index is 260. The van der Waals surface area contributed by atoms with E-state index < -0.39 is 0 Å². The normalized spacial score (nSPS) is 24.5. The van der Waals surface area contributed by atoms with Gasteiger partial charge in [-0.2, -0.15) is 0 Å². The van der Waals surface area contributed by atoms with E-state index in [-0.39, 0.29) is 0 Å². The minimum Gasteiger partial charge on any atom is -0.306 e. The van der Waals surface area contributed by atoms with E-state index in [1.165, 1.54) is 19.4 Å². The topological polar surface area (TPSA) is 29.0 Å². The molecule has 0 N–H and O–H groups in total. The van der Waals surface area contributed by atoms with Crippen molar-refractivity contribution in [3.63, 3.8) is 0 Å². The van der Waals surface area contributed by atoms with Gasteiger partial charge in [0.05, 0.1) is 0 Å². The number of piperidine rings is 1. The molecule has 1 aromatic rings. The van der Waals surface area contributed by atoms with Crippen LogP contribution in [0.2, 0.25) is 0 Å². The Labute approximate surface area is 78.8 Å². The number of hydrogen-bond donors (Lipinski definition) is 0. The Hall–Kier alpha value is -0.960. The van der Waals surface area contributed by atoms with E-state index in [1.807, 2.05) is 18.5 Å². The van der Waals surface area contributed by atoms with Gasteiger partial charge in [0, 0.05) is 24.9 Å². The van der Waals surface area contributed by atoms with Crippen molar-refractivity contribution in [2.24, 2.45) is 0 Å². The number of hydrogen-bond acceptors (Lipinski definition) is 3. The van der Waals surface area contributed by atoms with Crippen molar-refractivity contribution in [3.8, 4) is 0 Å². The second-order valence-electron chi connectivity index (χ2n) is 3.71. The Morgan fingerprint density at radius 1 is 1.38 bits per heavy atom. The average Bonchev–Trinajstić information content (AvgIpc) is 2.19. The van der Waals surface area contributed by atoms with Crippen molar-refractivity contribution in [2.45, 2.75) is 18.8 Å². The molecule has 0 bridgehead atoms. The van der Waals surface area contributed by atoms with Gasteiger partial charge >= 0.3 is 0 Å². The predicted molar refractivity (Wildman–Crippen MR) is 51.5 cm³/mol. The van der Waals surface area contributed by atoms with E-state index in [0.717, 1.165) is 12.4 Å². The quantitative estimate of drug-likeness (QED) is 0.647. The molecule has 1 aliphatic rings. The molecule has 0 radical (unpaired) electrons. The Morgan fingerprint density at radius 3 is 2.85 bits per heavy atom. The molecule has 3 heteroatoms. The number of nitrogens with zero attached hydrogens (tertiary/aromatic N) is 3. The van der Waals surface area contributed by atoms with Gasteiger partial charge in [-0.1, -0.05) is 0 Å². The molecule has 0 amide bonds. The zero-order chi connectivity index (χ0) is 9.10. The predicted octanol–water partition coefficient (Wildman–Crippen LogP) is 1.29. The van der Waals surface area contributed by atoms with Crippen LogP contribution >= 0.6 is 0 Å². The van der Waals surface area contributed by atoms with Crippen LogP contribution in [0.5, 0.6) is 0 Å². The van der Waals surface area contributed by atoms with Gasteiger partial charge in [0.2, 0.25) is 0 Å². The van der Waals surface area contributed by atoms with Gasteiger partial charge in [0.25, 0.3) is 0 Å². The van der Waals surface area contributed by atoms with Crippen LogP contribution in [-0.2, 0) is 0 Å². The summed E-state index contributed by atoms with van der Waals surface area (Å²) in [5, 5.41) is 0. The van der Waals surface area contributed by atoms with Gasteiger partial charge in [0.15, 0.2) is 0 Å². The van der Waals surface area contributed by atoms with Crippen molar-refractivity contribution in [2.75, 3.05) is 20.1 Å². The van der Waals surface area contributed by atoms with E-state index in [1.54, 1.807) is 0 Å². The highest BCUT2D eigenvalue weighted by molar-refractivity contribution is 4.99. The van der Waals surface area contributed by atoms with E-state index in [4.69, 9.17) is 0 Å². The maximum absolute atomic E-state index is 4.30. The number of likely N-dealkylation sites (N-methyl/N-ethyl adjacent to an activating group) is 1. The Kier molecular flexibility index (Phi) is 2.54. The lowest BCUT2D eigenvalue weighted by atomic mass is 9.98. The van der Waals surface area contributed by atoms with Crippen molar-refractivity contribution in [1.29, 1.82) is 0 Å². The summed E-state index contributed by atoms with van der Waals surface area (Å²) in [5.74, 6) is 1.55. The summed E-state index contributed by atoms with van der Waals surface area (Å²) in [4.78, 5) is 10.9. The summed E-state index contributed by atoms with van der Waals surface area (Å²) in [7, 11) is 2.16. The van der Waals surface area contributed by atoms with Gasteiger partial charge in [-0.25, -0.2) is 9.97 Å². The molecule has 3 nitrogen and oxygen atoms in total. The molecule has 2 rings (SSSR count). The SMILES string of the molecule is CN1CCCC(c2ncccn2)C1. The molecule has 1 aromatic heterocycles. The molecule has 0 aliphatic carbocycles. The maximum Gasteiger partial charge on any atom is 0.132 e. The summed E-state index contributed by atoms with van der Waals surface area (Å²) < 4.78 is 0. The first-order valence-electron chi connectivity index (χ1n) is 4.82. The van der Waals surface area contributed by atoms with E-state index in [0.29, 0.717) is 5.92 Å². The van der Waals surface area contributed by atoms with Crippen molar-refractivity contribution in [1.82, 2.24) is 14.9 Å². The molecule has 0 saturated carbocycles. The zero-order valence-electron chi connectivity index (χ0n) is 7.98. The molecule has 13 heavy (non-hydrogen) atoms. The number of aromatic nitrogens is 2. The highest BCUT2D eigenvalue weighted by Crippen LogP contribution is 2.22. The molecular weight excluding hydrogens is 162 g/mol. The third-order valence-corrected chi connectivity index (χ3v) is 2.58. The van der Waals surface area contributed by atoms with Crippen molar-refractivity contribution in [3.05, 3.63) is 24.3 Å². The zero-order valence-corrected chi connectivity index (χ0v) is 7.98. The van der Waals surface area contributed by atoms with E-state index >= 15 is 0 Å². The molecule has 1 unspecified atom stereocenters. The maximum atomic E-state index is 4.30. The lowest BCUT2D eigenvalue weighted by molar-refractivity contribution is 0.246. The molecule has 1 saturated heterocycles. The Morgan fingerprint density at radius 2 is 2.15 bits per heavy atom. The molecule has 1 fully saturated rings. The van der Waals surface area contributed by atoms with Crippen LogP contribution in [0.25, 0.3) is 0 Å². The molecule has 0 aromatic carbocycles. The van der Waals surface area contributed by atoms with Crippen LogP contribution in [0.15, 0.2) is 18.5 Å². The molecule has 0 spiro atoms. The third kappa shape index (κ3) is 2.04. The van der Waals surface area contributed by atoms with Gasteiger partial charge < -0.3 is 4.90 Å². The second-order valence-corrected chi connectivity index (χ2v) is 3.71. The van der Waals surface area contributed by atoms with Gasteiger partial charge in [-0.15, -0.1) is 0 Å². The lowest BCUT2D eigenvalue weighted by Crippen LogP contribution is -2.31. The van der Waals surface area contributed by atoms with Crippen LogP contribution in [0.4, 0.5) is 0 Å². The smallest absolute Gasteiger partial charge is 0.132 e. The first kappa shape index (κ1) is 8.63. The van der Waals surface area contributed by atoms with Crippen LogP contribution in [0.3, 0.4) is 0 Å². The molecule has 1 atom stereocenters. The molecule has 70 valence electrons. The summed E-state index contributed by atoms with van der Waals surface area (Å²) in [6.45, 7) is 2.31. The fourth-order valence-electron chi connectivity index (χ4n) is 1.90. The largest absolute Gasteiger partial charge is 0.306 e.